The second-order valence-corrected chi connectivity index (χ2v) is 18.4. The number of nitriles is 8. The number of hydrogen-bond acceptors (Lipinski definition) is 8. The van der Waals surface area contributed by atoms with E-state index in [0.717, 1.165) is 60.9 Å². The van der Waals surface area contributed by atoms with Crippen LogP contribution < -0.4 is 0 Å². The van der Waals surface area contributed by atoms with Gasteiger partial charge in [0.15, 0.2) is 0 Å². The Kier molecular flexibility index (Phi) is 12.2. The number of hydrogen-bond donors (Lipinski definition) is 0. The predicted molar refractivity (Wildman–Crippen MR) is 297 cm³/mol. The van der Waals surface area contributed by atoms with Gasteiger partial charge in [0.2, 0.25) is 0 Å². The first-order chi connectivity index (χ1) is 37.7. The minimum absolute atomic E-state index is 0.327. The van der Waals surface area contributed by atoms with Crippen molar-refractivity contribution in [3.05, 3.63) is 245 Å². The summed E-state index contributed by atoms with van der Waals surface area (Å²) in [7, 11) is 0. The standard InChI is InChI=1S/C68H33N9/c69-34-42-14-43(35-70)19-53(18-42)59-26-57(27-60(30-59)54-20-44(36-71)15-45(21-54)37-72)51-10-12-67-64(32-51)65-33-52(11-13-68(65)77(67)66-9-5-4-8-63(66)50-6-2-1-3-7-50)58-28-61(55-22-46(38-73)16-47(23-55)39-74)31-62(29-58)56-24-48(40-75)17-49(25-56)41-76/h1-33H. The van der Waals surface area contributed by atoms with Gasteiger partial charge in [-0.05, 0) is 212 Å². The highest BCUT2D eigenvalue weighted by atomic mass is 15.0. The number of nitrogens with zero attached hydrogens (tertiary/aromatic N) is 9. The molecule has 0 N–H and O–H groups in total. The summed E-state index contributed by atoms with van der Waals surface area (Å²) in [5.74, 6) is 0. The van der Waals surface area contributed by atoms with Crippen molar-refractivity contribution in [2.45, 2.75) is 0 Å². The zero-order valence-electron chi connectivity index (χ0n) is 40.6. The van der Waals surface area contributed by atoms with Crippen molar-refractivity contribution in [1.29, 1.82) is 42.1 Å². The zero-order chi connectivity index (χ0) is 53.2. The second-order valence-electron chi connectivity index (χ2n) is 18.4. The first kappa shape index (κ1) is 47.3. The van der Waals surface area contributed by atoms with Gasteiger partial charge in [0.05, 0.1) is 110 Å². The summed E-state index contributed by atoms with van der Waals surface area (Å²) in [4.78, 5) is 0. The molecule has 0 radical (unpaired) electrons. The highest BCUT2D eigenvalue weighted by Crippen LogP contribution is 2.43. The van der Waals surface area contributed by atoms with Crippen LogP contribution in [0.3, 0.4) is 0 Å². The number of rotatable bonds is 8. The molecule has 0 aliphatic heterocycles. The van der Waals surface area contributed by atoms with Crippen molar-refractivity contribution in [1.82, 2.24) is 4.57 Å². The van der Waals surface area contributed by atoms with E-state index in [1.807, 2.05) is 66.7 Å². The topological polar surface area (TPSA) is 195 Å². The smallest absolute Gasteiger partial charge is 0.0992 e. The molecule has 0 unspecified atom stereocenters. The molecule has 0 spiro atoms. The molecule has 9 nitrogen and oxygen atoms in total. The van der Waals surface area contributed by atoms with Crippen LogP contribution in [0.2, 0.25) is 0 Å². The summed E-state index contributed by atoms with van der Waals surface area (Å²) in [6, 6.07) is 80.7. The predicted octanol–water partition coefficient (Wildman–Crippen LogP) is 15.4. The first-order valence-electron chi connectivity index (χ1n) is 24.1. The van der Waals surface area contributed by atoms with Crippen molar-refractivity contribution >= 4 is 21.8 Å². The SMILES string of the molecule is N#Cc1cc(C#N)cc(-c2cc(-c3cc(C#N)cc(C#N)c3)cc(-c3ccc4c(c3)c3cc(-c5cc(-c6cc(C#N)cc(C#N)c6)cc(-c6cc(C#N)cc(C#N)c6)c5)ccc3n4-c3ccccc3-c3ccccc3)c2)c1. The van der Waals surface area contributed by atoms with Gasteiger partial charge in [-0.3, -0.25) is 0 Å². The van der Waals surface area contributed by atoms with Gasteiger partial charge in [-0.1, -0.05) is 60.7 Å². The van der Waals surface area contributed by atoms with Gasteiger partial charge in [0.1, 0.15) is 0 Å². The third-order valence-corrected chi connectivity index (χ3v) is 13.6. The minimum Gasteiger partial charge on any atom is -0.309 e. The van der Waals surface area contributed by atoms with E-state index in [-0.39, 0.29) is 0 Å². The lowest BCUT2D eigenvalue weighted by Gasteiger charge is -2.15. The molecule has 1 heterocycles. The Labute approximate surface area is 443 Å². The molecule has 77 heavy (non-hydrogen) atoms. The normalized spacial score (nSPS) is 10.5. The van der Waals surface area contributed by atoms with Crippen LogP contribution in [-0.2, 0) is 0 Å². The summed E-state index contributed by atoms with van der Waals surface area (Å²) < 4.78 is 2.27. The Bertz CT molecular complexity index is 4100. The summed E-state index contributed by atoms with van der Waals surface area (Å²) in [6.07, 6.45) is 0. The molecule has 0 atom stereocenters. The van der Waals surface area contributed by atoms with Gasteiger partial charge in [-0.2, -0.15) is 42.1 Å². The molecule has 350 valence electrons. The molecule has 0 aliphatic rings. The molecule has 0 aliphatic carbocycles. The summed E-state index contributed by atoms with van der Waals surface area (Å²) in [6.45, 7) is 0. The van der Waals surface area contributed by atoms with Crippen molar-refractivity contribution in [2.24, 2.45) is 0 Å². The number of aromatic nitrogens is 1. The fourth-order valence-corrected chi connectivity index (χ4v) is 10.1. The molecule has 10 aromatic carbocycles. The fourth-order valence-electron chi connectivity index (χ4n) is 10.1. The van der Waals surface area contributed by atoms with Gasteiger partial charge in [0.25, 0.3) is 0 Å². The van der Waals surface area contributed by atoms with E-state index in [1.54, 1.807) is 72.8 Å². The van der Waals surface area contributed by atoms with Crippen LogP contribution in [0, 0.1) is 90.6 Å². The van der Waals surface area contributed by atoms with Gasteiger partial charge in [-0.15, -0.1) is 0 Å². The van der Waals surface area contributed by atoms with E-state index in [9.17, 15) is 42.1 Å². The van der Waals surface area contributed by atoms with Crippen LogP contribution in [0.25, 0.3) is 105 Å². The average molecular weight is 976 g/mol. The molecule has 9 heteroatoms. The van der Waals surface area contributed by atoms with E-state index in [4.69, 9.17) is 0 Å². The molecular weight excluding hydrogens is 943 g/mol. The van der Waals surface area contributed by atoms with Crippen LogP contribution in [0.15, 0.2) is 200 Å². The second kappa shape index (κ2) is 19.8. The molecule has 11 rings (SSSR count). The van der Waals surface area contributed by atoms with Crippen LogP contribution in [0.1, 0.15) is 44.5 Å². The van der Waals surface area contributed by atoms with E-state index in [1.165, 1.54) is 0 Å². The molecule has 0 amide bonds. The number of fused-ring (bicyclic) bond motifs is 3. The summed E-state index contributed by atoms with van der Waals surface area (Å²) in [5.41, 5.74) is 16.2. The van der Waals surface area contributed by atoms with Crippen molar-refractivity contribution in [3.63, 3.8) is 0 Å². The third-order valence-electron chi connectivity index (χ3n) is 13.6. The van der Waals surface area contributed by atoms with Crippen LogP contribution in [0.5, 0.6) is 0 Å². The molecule has 0 saturated heterocycles. The Morgan fingerprint density at radius 2 is 0.494 bits per heavy atom. The lowest BCUT2D eigenvalue weighted by atomic mass is 9.90. The van der Waals surface area contributed by atoms with Gasteiger partial charge < -0.3 is 4.57 Å². The average Bonchev–Trinajstić information content (AvgIpc) is 3.85. The van der Waals surface area contributed by atoms with Crippen molar-refractivity contribution in [2.75, 3.05) is 0 Å². The molecule has 0 fully saturated rings. The summed E-state index contributed by atoms with van der Waals surface area (Å²) in [5, 5.41) is 81.8. The van der Waals surface area contributed by atoms with E-state index in [2.05, 4.69) is 114 Å². The number of benzene rings is 10. The maximum absolute atomic E-state index is 10.00. The van der Waals surface area contributed by atoms with Crippen molar-refractivity contribution in [3.8, 4) is 132 Å². The number of para-hydroxylation sites is 1. The molecule has 0 bridgehead atoms. The van der Waals surface area contributed by atoms with Crippen LogP contribution in [0.4, 0.5) is 0 Å². The third kappa shape index (κ3) is 9.01. The maximum Gasteiger partial charge on any atom is 0.0992 e. The zero-order valence-corrected chi connectivity index (χ0v) is 40.6. The van der Waals surface area contributed by atoms with Crippen LogP contribution >= 0.6 is 0 Å². The molecule has 1 aromatic heterocycles. The highest BCUT2D eigenvalue weighted by Gasteiger charge is 2.20. The highest BCUT2D eigenvalue weighted by molar-refractivity contribution is 6.12. The van der Waals surface area contributed by atoms with E-state index < -0.39 is 0 Å². The lowest BCUT2D eigenvalue weighted by Crippen LogP contribution is -1.97. The van der Waals surface area contributed by atoms with Crippen molar-refractivity contribution < 1.29 is 0 Å². The monoisotopic (exact) mass is 975 g/mol. The van der Waals surface area contributed by atoms with Gasteiger partial charge in [0, 0.05) is 16.3 Å². The molecule has 11 aromatic rings. The Hall–Kier alpha value is -12.1. The minimum atomic E-state index is 0.327. The Morgan fingerprint density at radius 3 is 0.805 bits per heavy atom. The summed E-state index contributed by atoms with van der Waals surface area (Å²) >= 11 is 0. The Balaban J connectivity index is 1.19. The first-order valence-corrected chi connectivity index (χ1v) is 24.1. The molecular formula is C68H33N9. The van der Waals surface area contributed by atoms with E-state index >= 15 is 0 Å². The largest absolute Gasteiger partial charge is 0.309 e. The van der Waals surface area contributed by atoms with Gasteiger partial charge in [-0.25, -0.2) is 0 Å². The lowest BCUT2D eigenvalue weighted by molar-refractivity contribution is 1.18. The molecule has 0 saturated carbocycles. The maximum atomic E-state index is 10.00. The quantitative estimate of drug-likeness (QED) is 0.143. The van der Waals surface area contributed by atoms with Crippen LogP contribution in [-0.4, -0.2) is 4.57 Å². The fraction of sp³-hybridized carbons (Fsp3) is 0. The van der Waals surface area contributed by atoms with Gasteiger partial charge >= 0.3 is 0 Å². The Morgan fingerprint density at radius 1 is 0.221 bits per heavy atom. The van der Waals surface area contributed by atoms with E-state index in [0.29, 0.717) is 89.0 Å².